The molecule has 0 spiro atoms. The van der Waals surface area contributed by atoms with E-state index in [1.54, 1.807) is 30.3 Å². The molecule has 0 bridgehead atoms. The number of aryl methyl sites for hydroxylation is 1. The molecule has 0 aromatic heterocycles. The molecule has 2 amide bonds. The predicted octanol–water partition coefficient (Wildman–Crippen LogP) is 2.56. The Morgan fingerprint density at radius 2 is 1.75 bits per heavy atom. The van der Waals surface area contributed by atoms with Gasteiger partial charge in [-0.15, -0.1) is 0 Å². The van der Waals surface area contributed by atoms with Crippen molar-refractivity contribution in [3.8, 4) is 11.5 Å². The summed E-state index contributed by atoms with van der Waals surface area (Å²) in [4.78, 5) is 24.1. The number of hydrogen-bond donors (Lipinski definition) is 2. The van der Waals surface area contributed by atoms with Crippen LogP contribution in [0.25, 0.3) is 0 Å². The molecule has 0 fully saturated rings. The van der Waals surface area contributed by atoms with Crippen molar-refractivity contribution in [1.29, 1.82) is 0 Å². The average Bonchev–Trinajstić information content (AvgIpc) is 2.70. The van der Waals surface area contributed by atoms with Crippen LogP contribution in [0.15, 0.2) is 42.5 Å². The van der Waals surface area contributed by atoms with Crippen LogP contribution in [0.3, 0.4) is 0 Å². The van der Waals surface area contributed by atoms with Crippen LogP contribution < -0.4 is 20.3 Å². The van der Waals surface area contributed by atoms with Crippen LogP contribution in [0.5, 0.6) is 11.5 Å². The molecule has 0 aliphatic heterocycles. The first-order chi connectivity index (χ1) is 13.5. The van der Waals surface area contributed by atoms with Gasteiger partial charge in [-0.3, -0.25) is 20.4 Å². The van der Waals surface area contributed by atoms with Crippen molar-refractivity contribution in [3.63, 3.8) is 0 Å². The third-order valence-corrected chi connectivity index (χ3v) is 4.03. The molecule has 0 aliphatic carbocycles. The van der Waals surface area contributed by atoms with E-state index in [9.17, 15) is 9.59 Å². The largest absolute Gasteiger partial charge is 0.491 e. The van der Waals surface area contributed by atoms with Crippen LogP contribution in [0.1, 0.15) is 28.4 Å². The lowest BCUT2D eigenvalue weighted by Gasteiger charge is -2.12. The third-order valence-electron chi connectivity index (χ3n) is 4.03. The van der Waals surface area contributed by atoms with E-state index in [0.29, 0.717) is 36.9 Å². The van der Waals surface area contributed by atoms with E-state index >= 15 is 0 Å². The lowest BCUT2D eigenvalue weighted by Crippen LogP contribution is -2.43. The molecule has 2 aromatic rings. The van der Waals surface area contributed by atoms with Gasteiger partial charge in [0.1, 0.15) is 18.1 Å². The minimum Gasteiger partial charge on any atom is -0.491 e. The summed E-state index contributed by atoms with van der Waals surface area (Å²) in [6, 6.07) is 12.3. The Bertz CT molecular complexity index is 807. The van der Waals surface area contributed by atoms with E-state index < -0.39 is 11.8 Å². The Hall–Kier alpha value is -3.06. The molecule has 150 valence electrons. The van der Waals surface area contributed by atoms with Gasteiger partial charge in [0.2, 0.25) is 0 Å². The van der Waals surface area contributed by atoms with Gasteiger partial charge in [-0.25, -0.2) is 0 Å². The van der Waals surface area contributed by atoms with E-state index in [1.165, 1.54) is 0 Å². The Morgan fingerprint density at radius 3 is 2.54 bits per heavy atom. The monoisotopic (exact) mass is 386 g/mol. The van der Waals surface area contributed by atoms with Crippen LogP contribution in [0, 0.1) is 13.8 Å². The number of hydrogen-bond acceptors (Lipinski definition) is 5. The van der Waals surface area contributed by atoms with E-state index in [2.05, 4.69) is 10.9 Å². The molecule has 0 saturated carbocycles. The number of hydrazine groups is 1. The summed E-state index contributed by atoms with van der Waals surface area (Å²) in [5.41, 5.74) is 7.12. The van der Waals surface area contributed by atoms with Crippen molar-refractivity contribution < 1.29 is 23.8 Å². The molecular weight excluding hydrogens is 360 g/mol. The Kier molecular flexibility index (Phi) is 8.30. The summed E-state index contributed by atoms with van der Waals surface area (Å²) in [6.45, 7) is 7.09. The van der Waals surface area contributed by atoms with Gasteiger partial charge < -0.3 is 14.2 Å². The number of rotatable bonds is 9. The van der Waals surface area contributed by atoms with Crippen molar-refractivity contribution in [3.05, 3.63) is 59.2 Å². The first-order valence-corrected chi connectivity index (χ1v) is 9.10. The third kappa shape index (κ3) is 6.59. The zero-order valence-corrected chi connectivity index (χ0v) is 16.4. The molecule has 7 heteroatoms. The molecule has 2 aromatic carbocycles. The van der Waals surface area contributed by atoms with Crippen LogP contribution >= 0.6 is 0 Å². The van der Waals surface area contributed by atoms with Crippen LogP contribution in [-0.4, -0.2) is 38.2 Å². The minimum absolute atomic E-state index is 0.203. The van der Waals surface area contributed by atoms with Gasteiger partial charge in [-0.1, -0.05) is 18.2 Å². The van der Waals surface area contributed by atoms with Gasteiger partial charge in [0.05, 0.1) is 6.61 Å². The summed E-state index contributed by atoms with van der Waals surface area (Å²) in [6.07, 6.45) is 0. The first-order valence-electron chi connectivity index (χ1n) is 9.10. The highest BCUT2D eigenvalue weighted by molar-refractivity contribution is 5.95. The lowest BCUT2D eigenvalue weighted by molar-refractivity contribution is -0.123. The predicted molar refractivity (Wildman–Crippen MR) is 105 cm³/mol. The molecule has 0 unspecified atom stereocenters. The van der Waals surface area contributed by atoms with E-state index in [1.807, 2.05) is 32.9 Å². The maximum atomic E-state index is 12.2. The van der Waals surface area contributed by atoms with Crippen LogP contribution in [-0.2, 0) is 9.53 Å². The molecule has 2 N–H and O–H groups in total. The molecular formula is C21H26N2O5. The van der Waals surface area contributed by atoms with Gasteiger partial charge in [0.25, 0.3) is 11.8 Å². The second-order valence-electron chi connectivity index (χ2n) is 6.06. The molecule has 7 nitrogen and oxygen atoms in total. The highest BCUT2D eigenvalue weighted by Crippen LogP contribution is 2.20. The minimum atomic E-state index is -0.460. The van der Waals surface area contributed by atoms with Crippen molar-refractivity contribution in [2.24, 2.45) is 0 Å². The smallest absolute Gasteiger partial charge is 0.276 e. The van der Waals surface area contributed by atoms with E-state index in [4.69, 9.17) is 14.2 Å². The van der Waals surface area contributed by atoms with Gasteiger partial charge in [0.15, 0.2) is 6.61 Å². The fourth-order valence-electron chi connectivity index (χ4n) is 2.35. The highest BCUT2D eigenvalue weighted by Gasteiger charge is 2.10. The summed E-state index contributed by atoms with van der Waals surface area (Å²) in [5, 5.41) is 0. The SMILES string of the molecule is CCOCCOc1cccc(C(=O)NNC(=O)COc2cccc(C)c2C)c1. The normalized spacial score (nSPS) is 10.2. The summed E-state index contributed by atoms with van der Waals surface area (Å²) in [7, 11) is 0. The van der Waals surface area contributed by atoms with Crippen molar-refractivity contribution >= 4 is 11.8 Å². The van der Waals surface area contributed by atoms with Crippen LogP contribution in [0.4, 0.5) is 0 Å². The molecule has 0 heterocycles. The number of amides is 2. The topological polar surface area (TPSA) is 85.9 Å². The second kappa shape index (κ2) is 10.9. The second-order valence-corrected chi connectivity index (χ2v) is 6.06. The quantitative estimate of drug-likeness (QED) is 0.511. The fraction of sp³-hybridized carbons (Fsp3) is 0.333. The summed E-state index contributed by atoms with van der Waals surface area (Å²) < 4.78 is 16.2. The zero-order valence-electron chi connectivity index (χ0n) is 16.4. The van der Waals surface area contributed by atoms with Crippen molar-refractivity contribution in [2.75, 3.05) is 26.4 Å². The highest BCUT2D eigenvalue weighted by atomic mass is 16.5. The number of ether oxygens (including phenoxy) is 3. The maximum absolute atomic E-state index is 12.2. The average molecular weight is 386 g/mol. The Morgan fingerprint density at radius 1 is 0.964 bits per heavy atom. The number of carbonyl (C=O) groups is 2. The fourth-order valence-corrected chi connectivity index (χ4v) is 2.35. The number of benzene rings is 2. The molecule has 0 radical (unpaired) electrons. The van der Waals surface area contributed by atoms with Crippen LogP contribution in [0.2, 0.25) is 0 Å². The van der Waals surface area contributed by atoms with Gasteiger partial charge in [-0.2, -0.15) is 0 Å². The standard InChI is InChI=1S/C21H26N2O5/c1-4-26-11-12-27-18-9-6-8-17(13-18)21(25)23-22-20(24)14-28-19-10-5-7-15(2)16(19)3/h5-10,13H,4,11-12,14H2,1-3H3,(H,22,24)(H,23,25). The first kappa shape index (κ1) is 21.2. The molecule has 0 saturated heterocycles. The number of carbonyl (C=O) groups excluding carboxylic acids is 2. The van der Waals surface area contributed by atoms with E-state index in [-0.39, 0.29) is 6.61 Å². The molecule has 28 heavy (non-hydrogen) atoms. The maximum Gasteiger partial charge on any atom is 0.276 e. The number of nitrogens with one attached hydrogen (secondary N) is 2. The van der Waals surface area contributed by atoms with Crippen molar-refractivity contribution in [2.45, 2.75) is 20.8 Å². The summed E-state index contributed by atoms with van der Waals surface area (Å²) >= 11 is 0. The van der Waals surface area contributed by atoms with Gasteiger partial charge >= 0.3 is 0 Å². The van der Waals surface area contributed by atoms with Crippen molar-refractivity contribution in [1.82, 2.24) is 10.9 Å². The molecule has 0 aliphatic rings. The lowest BCUT2D eigenvalue weighted by atomic mass is 10.1. The molecule has 0 atom stereocenters. The van der Waals surface area contributed by atoms with Gasteiger partial charge in [-0.05, 0) is 56.2 Å². The molecule has 2 rings (SSSR count). The zero-order chi connectivity index (χ0) is 20.4. The van der Waals surface area contributed by atoms with E-state index in [0.717, 1.165) is 11.1 Å². The van der Waals surface area contributed by atoms with Gasteiger partial charge in [0, 0.05) is 12.2 Å². The Balaban J connectivity index is 1.79. The summed E-state index contributed by atoms with van der Waals surface area (Å²) in [5.74, 6) is 0.282. The Labute approximate surface area is 165 Å².